The van der Waals surface area contributed by atoms with Gasteiger partial charge in [0.1, 0.15) is 10.7 Å². The van der Waals surface area contributed by atoms with Crippen molar-refractivity contribution in [1.82, 2.24) is 10.0 Å². The summed E-state index contributed by atoms with van der Waals surface area (Å²) in [6.45, 7) is 3.04. The summed E-state index contributed by atoms with van der Waals surface area (Å²) >= 11 is 0. The van der Waals surface area contributed by atoms with Gasteiger partial charge in [-0.1, -0.05) is 0 Å². The Hall–Kier alpha value is -1.58. The number of nitro benzene ring substituents is 1. The molecule has 0 bridgehead atoms. The monoisotopic (exact) mass is 317 g/mol. The molecule has 1 aliphatic heterocycles. The van der Waals surface area contributed by atoms with Crippen LogP contribution in [0.25, 0.3) is 0 Å². The molecular formula is C12H16FN3O4S. The fraction of sp³-hybridized carbons (Fsp3) is 0.500. The molecule has 9 heteroatoms. The summed E-state index contributed by atoms with van der Waals surface area (Å²) in [5.41, 5.74) is -1.16. The average molecular weight is 317 g/mol. The molecule has 0 radical (unpaired) electrons. The van der Waals surface area contributed by atoms with Gasteiger partial charge < -0.3 is 5.32 Å². The first-order valence-electron chi connectivity index (χ1n) is 6.42. The van der Waals surface area contributed by atoms with Crippen molar-refractivity contribution < 1.29 is 17.7 Å². The minimum absolute atomic E-state index is 0.466. The highest BCUT2D eigenvalue weighted by Gasteiger charge is 2.33. The molecule has 0 unspecified atom stereocenters. The Balaban J connectivity index is 2.35. The molecule has 116 valence electrons. The summed E-state index contributed by atoms with van der Waals surface area (Å²) in [6.07, 6.45) is 1.12. The van der Waals surface area contributed by atoms with Gasteiger partial charge in [-0.05, 0) is 38.9 Å². The molecule has 1 aliphatic rings. The van der Waals surface area contributed by atoms with Gasteiger partial charge in [0.05, 0.1) is 4.92 Å². The second-order valence-electron chi connectivity index (χ2n) is 5.29. The van der Waals surface area contributed by atoms with Crippen LogP contribution in [0.2, 0.25) is 0 Å². The van der Waals surface area contributed by atoms with E-state index in [0.29, 0.717) is 25.9 Å². The summed E-state index contributed by atoms with van der Waals surface area (Å²) in [5.74, 6) is -1.01. The Morgan fingerprint density at radius 1 is 1.38 bits per heavy atom. The molecule has 0 saturated carbocycles. The van der Waals surface area contributed by atoms with Gasteiger partial charge in [0.2, 0.25) is 10.0 Å². The maximum Gasteiger partial charge on any atom is 0.270 e. The van der Waals surface area contributed by atoms with Crippen LogP contribution in [-0.4, -0.2) is 32.0 Å². The molecule has 1 aromatic rings. The van der Waals surface area contributed by atoms with Crippen molar-refractivity contribution in [3.8, 4) is 0 Å². The van der Waals surface area contributed by atoms with Gasteiger partial charge in [0.15, 0.2) is 0 Å². The summed E-state index contributed by atoms with van der Waals surface area (Å²) in [7, 11) is -4.16. The molecule has 0 amide bonds. The Kier molecular flexibility index (Phi) is 4.26. The van der Waals surface area contributed by atoms with Crippen LogP contribution >= 0.6 is 0 Å². The van der Waals surface area contributed by atoms with Crippen LogP contribution in [-0.2, 0) is 10.0 Å². The molecule has 1 saturated heterocycles. The zero-order valence-corrected chi connectivity index (χ0v) is 12.2. The Bertz CT molecular complexity index is 656. The summed E-state index contributed by atoms with van der Waals surface area (Å²) < 4.78 is 40.8. The van der Waals surface area contributed by atoms with Gasteiger partial charge in [0, 0.05) is 17.7 Å². The van der Waals surface area contributed by atoms with Gasteiger partial charge in [-0.3, -0.25) is 10.1 Å². The van der Waals surface area contributed by atoms with Gasteiger partial charge in [-0.15, -0.1) is 0 Å². The lowest BCUT2D eigenvalue weighted by molar-refractivity contribution is -0.385. The van der Waals surface area contributed by atoms with Crippen molar-refractivity contribution >= 4 is 15.7 Å². The number of nitrogens with one attached hydrogen (secondary N) is 2. The topological polar surface area (TPSA) is 101 Å². The predicted molar refractivity (Wildman–Crippen MR) is 73.9 cm³/mol. The molecule has 7 nitrogen and oxygen atoms in total. The molecule has 1 aromatic carbocycles. The quantitative estimate of drug-likeness (QED) is 0.641. The Labute approximate surface area is 121 Å². The van der Waals surface area contributed by atoms with E-state index in [0.717, 1.165) is 18.2 Å². The van der Waals surface area contributed by atoms with E-state index in [2.05, 4.69) is 10.0 Å². The smallest absolute Gasteiger partial charge is 0.270 e. The van der Waals surface area contributed by atoms with Crippen LogP contribution in [0.5, 0.6) is 0 Å². The molecule has 0 aromatic heterocycles. The first-order valence-corrected chi connectivity index (χ1v) is 7.90. The lowest BCUT2D eigenvalue weighted by atomic mass is 9.92. The van der Waals surface area contributed by atoms with Crippen LogP contribution < -0.4 is 10.0 Å². The highest BCUT2D eigenvalue weighted by atomic mass is 32.2. The van der Waals surface area contributed by atoms with E-state index in [1.54, 1.807) is 6.92 Å². The molecule has 21 heavy (non-hydrogen) atoms. The van der Waals surface area contributed by atoms with E-state index in [1.165, 1.54) is 0 Å². The van der Waals surface area contributed by atoms with E-state index >= 15 is 0 Å². The molecule has 2 rings (SSSR count). The Morgan fingerprint density at radius 2 is 2.00 bits per heavy atom. The molecule has 0 spiro atoms. The van der Waals surface area contributed by atoms with E-state index in [9.17, 15) is 22.9 Å². The van der Waals surface area contributed by atoms with E-state index in [4.69, 9.17) is 0 Å². The maximum atomic E-state index is 13.8. The second-order valence-corrected chi connectivity index (χ2v) is 6.94. The first-order chi connectivity index (χ1) is 9.73. The largest absolute Gasteiger partial charge is 0.317 e. The van der Waals surface area contributed by atoms with Crippen LogP contribution in [0.15, 0.2) is 23.1 Å². The minimum Gasteiger partial charge on any atom is -0.317 e. The highest BCUT2D eigenvalue weighted by molar-refractivity contribution is 7.89. The lowest BCUT2D eigenvalue weighted by Gasteiger charge is -2.34. The van der Waals surface area contributed by atoms with Gasteiger partial charge in [-0.25, -0.2) is 17.5 Å². The van der Waals surface area contributed by atoms with Crippen molar-refractivity contribution in [2.24, 2.45) is 0 Å². The number of benzene rings is 1. The van der Waals surface area contributed by atoms with E-state index in [1.807, 2.05) is 0 Å². The maximum absolute atomic E-state index is 13.8. The first kappa shape index (κ1) is 15.8. The molecule has 0 aliphatic carbocycles. The third kappa shape index (κ3) is 3.55. The third-order valence-electron chi connectivity index (χ3n) is 3.50. The molecule has 1 fully saturated rings. The third-order valence-corrected chi connectivity index (χ3v) is 5.16. The number of nitrogens with zero attached hydrogens (tertiary/aromatic N) is 1. The molecule has 0 atom stereocenters. The normalized spacial score (nSPS) is 18.4. The second kappa shape index (κ2) is 5.66. The average Bonchev–Trinajstić information content (AvgIpc) is 2.38. The standard InChI is InChI=1S/C12H16FN3O4S/c1-12(4-6-14-7-5-12)15-21(19,20)11-8-9(16(17)18)2-3-10(11)13/h2-3,8,14-15H,4-7H2,1H3. The SMILES string of the molecule is CC1(NS(=O)(=O)c2cc([N+](=O)[O-])ccc2F)CCNCC1. The van der Waals surface area contributed by atoms with E-state index in [-0.39, 0.29) is 0 Å². The van der Waals surface area contributed by atoms with Crippen molar-refractivity contribution in [3.63, 3.8) is 0 Å². The summed E-state index contributed by atoms with van der Waals surface area (Å²) in [5, 5.41) is 13.8. The van der Waals surface area contributed by atoms with Crippen LogP contribution in [0, 0.1) is 15.9 Å². The van der Waals surface area contributed by atoms with Crippen molar-refractivity contribution in [2.75, 3.05) is 13.1 Å². The fourth-order valence-electron chi connectivity index (χ4n) is 2.27. The number of sulfonamides is 1. The van der Waals surface area contributed by atoms with Crippen LogP contribution in [0.3, 0.4) is 0 Å². The van der Waals surface area contributed by atoms with Crippen molar-refractivity contribution in [3.05, 3.63) is 34.1 Å². The predicted octanol–water partition coefficient (Wildman–Crippen LogP) is 1.15. The van der Waals surface area contributed by atoms with Crippen LogP contribution in [0.1, 0.15) is 19.8 Å². The number of nitro groups is 1. The van der Waals surface area contributed by atoms with Gasteiger partial charge in [0.25, 0.3) is 5.69 Å². The number of rotatable bonds is 4. The van der Waals surface area contributed by atoms with Crippen molar-refractivity contribution in [2.45, 2.75) is 30.2 Å². The van der Waals surface area contributed by atoms with Gasteiger partial charge in [-0.2, -0.15) is 0 Å². The zero-order valence-electron chi connectivity index (χ0n) is 11.4. The summed E-state index contributed by atoms with van der Waals surface area (Å²) in [6, 6.07) is 2.46. The fourth-order valence-corrected chi connectivity index (χ4v) is 3.84. The Morgan fingerprint density at radius 3 is 2.57 bits per heavy atom. The molecule has 1 heterocycles. The number of hydrogen-bond donors (Lipinski definition) is 2. The van der Waals surface area contributed by atoms with E-state index < -0.39 is 36.9 Å². The number of non-ortho nitro benzene ring substituents is 1. The lowest BCUT2D eigenvalue weighted by Crippen LogP contribution is -2.52. The van der Waals surface area contributed by atoms with Crippen LogP contribution in [0.4, 0.5) is 10.1 Å². The molecule has 2 N–H and O–H groups in total. The molecular weight excluding hydrogens is 301 g/mol. The van der Waals surface area contributed by atoms with Gasteiger partial charge >= 0.3 is 0 Å². The number of halogens is 1. The number of hydrogen-bond acceptors (Lipinski definition) is 5. The number of piperidine rings is 1. The zero-order chi connectivity index (χ0) is 15.7. The minimum atomic E-state index is -4.16. The summed E-state index contributed by atoms with van der Waals surface area (Å²) in [4.78, 5) is 9.25. The van der Waals surface area contributed by atoms with Crippen molar-refractivity contribution in [1.29, 1.82) is 0 Å². The highest BCUT2D eigenvalue weighted by Crippen LogP contribution is 2.25.